The molecule has 1 aliphatic rings. The van der Waals surface area contributed by atoms with E-state index in [0.717, 1.165) is 5.69 Å². The van der Waals surface area contributed by atoms with Gasteiger partial charge in [0.15, 0.2) is 11.5 Å². The number of hydrogen-bond donors (Lipinski definition) is 2. The summed E-state index contributed by atoms with van der Waals surface area (Å²) in [7, 11) is 8.37. The highest BCUT2D eigenvalue weighted by Crippen LogP contribution is 2.43. The summed E-state index contributed by atoms with van der Waals surface area (Å²) in [5.41, 5.74) is 3.02. The second kappa shape index (κ2) is 10.1. The third-order valence-corrected chi connectivity index (χ3v) is 6.73. The Hall–Kier alpha value is -4.99. The first-order valence-electron chi connectivity index (χ1n) is 12.1. The third kappa shape index (κ3) is 4.39. The molecule has 10 nitrogen and oxygen atoms in total. The molecule has 0 aliphatic carbocycles. The molecule has 10 heteroatoms. The fourth-order valence-corrected chi connectivity index (χ4v) is 4.68. The minimum atomic E-state index is -0.947. The number of fused-ring (bicyclic) bond motifs is 1. The van der Waals surface area contributed by atoms with Gasteiger partial charge in [-0.25, -0.2) is 4.98 Å². The maximum absolute atomic E-state index is 13.5. The number of H-pyrrole nitrogens is 1. The zero-order valence-corrected chi connectivity index (χ0v) is 22.2. The van der Waals surface area contributed by atoms with Crippen LogP contribution in [-0.4, -0.2) is 62.2 Å². The zero-order valence-electron chi connectivity index (χ0n) is 22.2. The summed E-state index contributed by atoms with van der Waals surface area (Å²) in [6, 6.07) is 16.5. The molecule has 0 spiro atoms. The van der Waals surface area contributed by atoms with Crippen LogP contribution in [0.1, 0.15) is 17.2 Å². The summed E-state index contributed by atoms with van der Waals surface area (Å²) in [6.45, 7) is 0. The zero-order chi connectivity index (χ0) is 27.8. The largest absolute Gasteiger partial charge is 0.507 e. The van der Waals surface area contributed by atoms with Crippen molar-refractivity contribution in [2.75, 3.05) is 45.2 Å². The summed E-state index contributed by atoms with van der Waals surface area (Å²) in [5, 5.41) is 11.5. The molecule has 2 heterocycles. The Labute approximate surface area is 225 Å². The van der Waals surface area contributed by atoms with Gasteiger partial charge in [-0.1, -0.05) is 12.1 Å². The molecule has 0 radical (unpaired) electrons. The summed E-state index contributed by atoms with van der Waals surface area (Å²) >= 11 is 0. The predicted octanol–water partition coefficient (Wildman–Crippen LogP) is 4.28. The van der Waals surface area contributed by atoms with Gasteiger partial charge in [-0.05, 0) is 48.0 Å². The number of aromatic amines is 1. The fourth-order valence-electron chi connectivity index (χ4n) is 4.68. The number of benzene rings is 3. The first kappa shape index (κ1) is 25.7. The lowest BCUT2D eigenvalue weighted by Gasteiger charge is -2.24. The number of rotatable bonds is 7. The van der Waals surface area contributed by atoms with Crippen LogP contribution in [-0.2, 0) is 9.59 Å². The average molecular weight is 529 g/mol. The number of aliphatic hydroxyl groups is 1. The van der Waals surface area contributed by atoms with E-state index in [0.29, 0.717) is 39.4 Å². The molecule has 0 saturated carbocycles. The summed E-state index contributed by atoms with van der Waals surface area (Å²) in [6.07, 6.45) is 0. The molecule has 4 aromatic rings. The number of anilines is 2. The maximum atomic E-state index is 13.5. The van der Waals surface area contributed by atoms with Crippen molar-refractivity contribution >= 4 is 40.1 Å². The van der Waals surface area contributed by atoms with Gasteiger partial charge >= 0.3 is 5.91 Å². The number of nitrogens with zero attached hydrogens (tertiary/aromatic N) is 3. The monoisotopic (exact) mass is 528 g/mol. The van der Waals surface area contributed by atoms with Gasteiger partial charge in [0.25, 0.3) is 5.78 Å². The SMILES string of the molecule is COc1ccc2nc(N3C(=O)C(=O)/C(=C(/O)c4ccc(OC)c(OC)c4)C3c3ccc(N(C)C)cc3)[nH]c2c1. The van der Waals surface area contributed by atoms with Gasteiger partial charge in [-0.2, -0.15) is 0 Å². The second-order valence-electron chi connectivity index (χ2n) is 9.17. The van der Waals surface area contributed by atoms with Gasteiger partial charge < -0.3 is 29.2 Å². The van der Waals surface area contributed by atoms with Gasteiger partial charge in [0.1, 0.15) is 11.5 Å². The van der Waals surface area contributed by atoms with E-state index in [4.69, 9.17) is 14.2 Å². The number of imidazole rings is 1. The van der Waals surface area contributed by atoms with Crippen LogP contribution in [0.2, 0.25) is 0 Å². The highest BCUT2D eigenvalue weighted by atomic mass is 16.5. The van der Waals surface area contributed by atoms with Gasteiger partial charge in [-0.15, -0.1) is 0 Å². The van der Waals surface area contributed by atoms with Crippen molar-refractivity contribution in [2.45, 2.75) is 6.04 Å². The topological polar surface area (TPSA) is 117 Å². The molecule has 1 atom stereocenters. The predicted molar refractivity (Wildman–Crippen MR) is 148 cm³/mol. The van der Waals surface area contributed by atoms with E-state index >= 15 is 0 Å². The molecule has 200 valence electrons. The van der Waals surface area contributed by atoms with Crippen molar-refractivity contribution < 1.29 is 28.9 Å². The molecule has 1 saturated heterocycles. The Kier molecular flexibility index (Phi) is 6.61. The lowest BCUT2D eigenvalue weighted by Crippen LogP contribution is -2.30. The minimum Gasteiger partial charge on any atom is -0.507 e. The molecule has 1 amide bonds. The Balaban J connectivity index is 1.71. The number of amides is 1. The van der Waals surface area contributed by atoms with Crippen LogP contribution in [0.5, 0.6) is 17.2 Å². The van der Waals surface area contributed by atoms with Crippen molar-refractivity contribution in [2.24, 2.45) is 0 Å². The second-order valence-corrected chi connectivity index (χ2v) is 9.17. The number of aliphatic hydroxyl groups excluding tert-OH is 1. The smallest absolute Gasteiger partial charge is 0.302 e. The molecule has 5 rings (SSSR count). The highest BCUT2D eigenvalue weighted by Gasteiger charge is 2.48. The van der Waals surface area contributed by atoms with E-state index < -0.39 is 17.7 Å². The Morgan fingerprint density at radius 1 is 0.923 bits per heavy atom. The van der Waals surface area contributed by atoms with Gasteiger partial charge in [0, 0.05) is 31.4 Å². The molecule has 2 N–H and O–H groups in total. The number of nitrogens with one attached hydrogen (secondary N) is 1. The number of Topliss-reactive ketones (excluding diaryl/α,β-unsaturated/α-hetero) is 1. The number of ketones is 1. The summed E-state index contributed by atoms with van der Waals surface area (Å²) in [5.74, 6) is -0.364. The van der Waals surface area contributed by atoms with Crippen LogP contribution < -0.4 is 24.0 Å². The molecule has 1 aromatic heterocycles. The first-order valence-corrected chi connectivity index (χ1v) is 12.1. The number of carbonyl (C=O) groups is 2. The van der Waals surface area contributed by atoms with Gasteiger partial charge in [0.2, 0.25) is 5.95 Å². The Morgan fingerprint density at radius 2 is 1.64 bits per heavy atom. The maximum Gasteiger partial charge on any atom is 0.302 e. The lowest BCUT2D eigenvalue weighted by molar-refractivity contribution is -0.132. The number of carbonyl (C=O) groups excluding carboxylic acids is 2. The van der Waals surface area contributed by atoms with Crippen molar-refractivity contribution in [1.82, 2.24) is 9.97 Å². The van der Waals surface area contributed by atoms with Crippen molar-refractivity contribution in [3.8, 4) is 17.2 Å². The van der Waals surface area contributed by atoms with Crippen molar-refractivity contribution in [3.63, 3.8) is 0 Å². The number of aromatic nitrogens is 2. The van der Waals surface area contributed by atoms with Gasteiger partial charge in [-0.3, -0.25) is 14.5 Å². The normalized spacial score (nSPS) is 16.5. The van der Waals surface area contributed by atoms with Crippen LogP contribution in [0.4, 0.5) is 11.6 Å². The molecular weight excluding hydrogens is 500 g/mol. The molecule has 1 fully saturated rings. The van der Waals surface area contributed by atoms with Gasteiger partial charge in [0.05, 0.1) is 44.0 Å². The van der Waals surface area contributed by atoms with Crippen LogP contribution in [0.25, 0.3) is 16.8 Å². The van der Waals surface area contributed by atoms with Crippen LogP contribution >= 0.6 is 0 Å². The van der Waals surface area contributed by atoms with E-state index in [9.17, 15) is 14.7 Å². The van der Waals surface area contributed by atoms with E-state index in [1.54, 1.807) is 43.5 Å². The summed E-state index contributed by atoms with van der Waals surface area (Å²) < 4.78 is 16.0. The summed E-state index contributed by atoms with van der Waals surface area (Å²) in [4.78, 5) is 38.0. The quantitative estimate of drug-likeness (QED) is 0.207. The van der Waals surface area contributed by atoms with E-state index in [2.05, 4.69) is 9.97 Å². The van der Waals surface area contributed by atoms with E-state index in [1.165, 1.54) is 19.1 Å². The molecule has 39 heavy (non-hydrogen) atoms. The number of methoxy groups -OCH3 is 3. The van der Waals surface area contributed by atoms with Crippen molar-refractivity contribution in [3.05, 3.63) is 77.4 Å². The van der Waals surface area contributed by atoms with Crippen LogP contribution in [0.3, 0.4) is 0 Å². The minimum absolute atomic E-state index is 0.0668. The highest BCUT2D eigenvalue weighted by molar-refractivity contribution is 6.51. The van der Waals surface area contributed by atoms with Crippen LogP contribution in [0.15, 0.2) is 66.2 Å². The number of hydrogen-bond acceptors (Lipinski definition) is 8. The molecule has 0 bridgehead atoms. The molecule has 1 unspecified atom stereocenters. The van der Waals surface area contributed by atoms with Crippen LogP contribution in [0, 0.1) is 0 Å². The molecule has 1 aliphatic heterocycles. The van der Waals surface area contributed by atoms with E-state index in [1.807, 2.05) is 43.3 Å². The fraction of sp³-hybridized carbons (Fsp3) is 0.207. The average Bonchev–Trinajstić information content (AvgIpc) is 3.49. The van der Waals surface area contributed by atoms with Crippen molar-refractivity contribution in [1.29, 1.82) is 0 Å². The number of ether oxygens (including phenoxy) is 3. The first-order chi connectivity index (χ1) is 18.8. The Bertz CT molecular complexity index is 1610. The van der Waals surface area contributed by atoms with E-state index in [-0.39, 0.29) is 17.3 Å². The molecular formula is C29H28N4O6. The molecule has 3 aromatic carbocycles. The Morgan fingerprint density at radius 3 is 2.28 bits per heavy atom. The lowest BCUT2D eigenvalue weighted by atomic mass is 9.95. The standard InChI is InChI=1S/C29H28N4O6/c1-32(2)18-9-6-16(7-10-18)25-24(26(34)17-8-13-22(38-4)23(14-17)39-5)27(35)28(36)33(25)29-30-20-12-11-19(37-3)15-21(20)31-29/h6-15,25,34H,1-5H3,(H,30,31)/b26-24+. The third-order valence-electron chi connectivity index (χ3n) is 6.73.